The Morgan fingerprint density at radius 2 is 1.94 bits per heavy atom. The Bertz CT molecular complexity index is 1340. The van der Waals surface area contributed by atoms with Gasteiger partial charge >= 0.3 is 0 Å². The average Bonchev–Trinajstić information content (AvgIpc) is 3.48. The van der Waals surface area contributed by atoms with E-state index in [4.69, 9.17) is 9.47 Å². The Kier molecular flexibility index (Phi) is 6.14. The second-order valence-corrected chi connectivity index (χ2v) is 9.08. The van der Waals surface area contributed by atoms with Crippen LogP contribution in [0.5, 0.6) is 11.5 Å². The van der Waals surface area contributed by atoms with Crippen LogP contribution in [0.25, 0.3) is 10.1 Å². The summed E-state index contributed by atoms with van der Waals surface area (Å²) in [7, 11) is 0. The molecule has 2 aromatic heterocycles. The zero-order valence-corrected chi connectivity index (χ0v) is 19.0. The molecule has 2 aromatic carbocycles. The lowest BCUT2D eigenvalue weighted by atomic mass is 10.2. The van der Waals surface area contributed by atoms with Gasteiger partial charge in [0, 0.05) is 29.2 Å². The number of carbonyl (C=O) groups excluding carboxylic acids is 2. The van der Waals surface area contributed by atoms with Gasteiger partial charge in [0.05, 0.1) is 11.3 Å². The summed E-state index contributed by atoms with van der Waals surface area (Å²) in [4.78, 5) is 29.6. The fourth-order valence-corrected chi connectivity index (χ4v) is 5.18. The lowest BCUT2D eigenvalue weighted by molar-refractivity contribution is -0.113. The highest BCUT2D eigenvalue weighted by atomic mass is 32.2. The molecule has 0 radical (unpaired) electrons. The van der Waals surface area contributed by atoms with Crippen molar-refractivity contribution in [1.29, 1.82) is 0 Å². The fraction of sp³-hybridized carbons (Fsp3) is 0.125. The molecular weight excluding hydrogens is 458 g/mol. The summed E-state index contributed by atoms with van der Waals surface area (Å²) in [5, 5.41) is 9.51. The first-order chi connectivity index (χ1) is 16.2. The van der Waals surface area contributed by atoms with Gasteiger partial charge in [-0.25, -0.2) is 4.98 Å². The van der Waals surface area contributed by atoms with Crippen molar-refractivity contribution >= 4 is 50.7 Å². The minimum atomic E-state index is -0.225. The molecule has 2 N–H and O–H groups in total. The van der Waals surface area contributed by atoms with Crippen LogP contribution < -0.4 is 20.1 Å². The molecule has 9 heteroatoms. The number of rotatable bonds is 7. The number of hydrogen-bond acceptors (Lipinski definition) is 7. The van der Waals surface area contributed by atoms with Gasteiger partial charge in [0.1, 0.15) is 5.03 Å². The molecule has 0 saturated carbocycles. The molecule has 2 amide bonds. The van der Waals surface area contributed by atoms with Crippen LogP contribution in [0.15, 0.2) is 71.2 Å². The SMILES string of the molecule is O=C(CSc1ncccc1C(=O)NCc1csc2ccccc12)Nc1ccc2c(c1)OCO2. The molecule has 0 aliphatic carbocycles. The quantitative estimate of drug-likeness (QED) is 0.376. The third kappa shape index (κ3) is 4.79. The number of nitrogens with one attached hydrogen (secondary N) is 2. The Morgan fingerprint density at radius 3 is 2.88 bits per heavy atom. The van der Waals surface area contributed by atoms with Gasteiger partial charge in [-0.2, -0.15) is 0 Å². The largest absolute Gasteiger partial charge is 0.454 e. The van der Waals surface area contributed by atoms with Crippen LogP contribution in [0.1, 0.15) is 15.9 Å². The van der Waals surface area contributed by atoms with Gasteiger partial charge in [-0.1, -0.05) is 30.0 Å². The highest BCUT2D eigenvalue weighted by Crippen LogP contribution is 2.34. The number of aromatic nitrogens is 1. The van der Waals surface area contributed by atoms with Gasteiger partial charge in [0.15, 0.2) is 11.5 Å². The molecule has 0 fully saturated rings. The summed E-state index contributed by atoms with van der Waals surface area (Å²) in [6, 6.07) is 16.8. The number of hydrogen-bond donors (Lipinski definition) is 2. The van der Waals surface area contributed by atoms with Crippen LogP contribution in [0, 0.1) is 0 Å². The normalized spacial score (nSPS) is 12.0. The molecule has 4 aromatic rings. The second kappa shape index (κ2) is 9.51. The van der Waals surface area contributed by atoms with E-state index < -0.39 is 0 Å². The molecule has 1 aliphatic rings. The monoisotopic (exact) mass is 477 g/mol. The third-order valence-electron chi connectivity index (χ3n) is 5.01. The summed E-state index contributed by atoms with van der Waals surface area (Å²) in [5.74, 6) is 0.933. The van der Waals surface area contributed by atoms with E-state index in [2.05, 4.69) is 33.1 Å². The van der Waals surface area contributed by atoms with Crippen molar-refractivity contribution in [2.45, 2.75) is 11.6 Å². The number of ether oxygens (including phenoxy) is 2. The van der Waals surface area contributed by atoms with E-state index in [0.717, 1.165) is 10.9 Å². The molecule has 1 aliphatic heterocycles. The first-order valence-electron chi connectivity index (χ1n) is 10.2. The Hall–Kier alpha value is -3.56. The van der Waals surface area contributed by atoms with Gasteiger partial charge in [-0.05, 0) is 46.7 Å². The van der Waals surface area contributed by atoms with Crippen LogP contribution in [0.3, 0.4) is 0 Å². The first kappa shape index (κ1) is 21.3. The number of fused-ring (bicyclic) bond motifs is 2. The second-order valence-electron chi connectivity index (χ2n) is 7.20. The van der Waals surface area contributed by atoms with E-state index >= 15 is 0 Å². The van der Waals surface area contributed by atoms with Crippen LogP contribution in [-0.4, -0.2) is 29.3 Å². The number of anilines is 1. The zero-order valence-electron chi connectivity index (χ0n) is 17.4. The Balaban J connectivity index is 1.20. The predicted octanol–water partition coefficient (Wildman–Crippen LogP) is 4.69. The van der Waals surface area contributed by atoms with E-state index in [-0.39, 0.29) is 24.4 Å². The molecule has 3 heterocycles. The van der Waals surface area contributed by atoms with Crippen molar-refractivity contribution in [1.82, 2.24) is 10.3 Å². The van der Waals surface area contributed by atoms with E-state index in [0.29, 0.717) is 34.3 Å². The van der Waals surface area contributed by atoms with Crippen molar-refractivity contribution in [3.8, 4) is 11.5 Å². The van der Waals surface area contributed by atoms with Gasteiger partial charge < -0.3 is 20.1 Å². The van der Waals surface area contributed by atoms with Crippen LogP contribution >= 0.6 is 23.1 Å². The molecule has 166 valence electrons. The highest BCUT2D eigenvalue weighted by Gasteiger charge is 2.17. The van der Waals surface area contributed by atoms with E-state index in [1.165, 1.54) is 16.5 Å². The van der Waals surface area contributed by atoms with Crippen molar-refractivity contribution in [2.24, 2.45) is 0 Å². The zero-order chi connectivity index (χ0) is 22.6. The number of pyridine rings is 1. The molecule has 0 atom stereocenters. The van der Waals surface area contributed by atoms with E-state index in [9.17, 15) is 9.59 Å². The number of amides is 2. The Labute approximate surface area is 198 Å². The first-order valence-corrected chi connectivity index (χ1v) is 12.0. The van der Waals surface area contributed by atoms with Crippen LogP contribution in [0.4, 0.5) is 5.69 Å². The summed E-state index contributed by atoms with van der Waals surface area (Å²) < 4.78 is 11.8. The number of thioether (sulfide) groups is 1. The van der Waals surface area contributed by atoms with Gasteiger partial charge in [-0.3, -0.25) is 9.59 Å². The molecule has 7 nitrogen and oxygen atoms in total. The van der Waals surface area contributed by atoms with Crippen molar-refractivity contribution < 1.29 is 19.1 Å². The summed E-state index contributed by atoms with van der Waals surface area (Å²) in [5.41, 5.74) is 2.13. The topological polar surface area (TPSA) is 89.6 Å². The molecule has 0 bridgehead atoms. The van der Waals surface area contributed by atoms with Crippen molar-refractivity contribution in [2.75, 3.05) is 17.9 Å². The Morgan fingerprint density at radius 1 is 1.06 bits per heavy atom. The fourth-order valence-electron chi connectivity index (χ4n) is 3.42. The maximum Gasteiger partial charge on any atom is 0.254 e. The maximum atomic E-state index is 12.9. The molecule has 0 unspecified atom stereocenters. The van der Waals surface area contributed by atoms with Gasteiger partial charge in [-0.15, -0.1) is 11.3 Å². The van der Waals surface area contributed by atoms with Crippen molar-refractivity contribution in [3.63, 3.8) is 0 Å². The number of nitrogens with zero attached hydrogens (tertiary/aromatic N) is 1. The van der Waals surface area contributed by atoms with Crippen molar-refractivity contribution in [3.05, 3.63) is 77.3 Å². The standard InChI is InChI=1S/C24H19N3O4S2/c28-22(27-16-7-8-19-20(10-16)31-14-30-19)13-33-24-18(5-3-9-25-24)23(29)26-11-15-12-32-21-6-2-1-4-17(15)21/h1-10,12H,11,13-14H2,(H,26,29)(H,27,28). The lowest BCUT2D eigenvalue weighted by Crippen LogP contribution is -2.23. The van der Waals surface area contributed by atoms with Gasteiger partial charge in [0.25, 0.3) is 5.91 Å². The minimum absolute atomic E-state index is 0.112. The number of carbonyl (C=O) groups is 2. The van der Waals surface area contributed by atoms with Crippen LogP contribution in [-0.2, 0) is 11.3 Å². The number of thiophene rings is 1. The van der Waals surface area contributed by atoms with Gasteiger partial charge in [0.2, 0.25) is 12.7 Å². The summed E-state index contributed by atoms with van der Waals surface area (Å²) >= 11 is 2.87. The molecule has 0 spiro atoms. The molecule has 5 rings (SSSR count). The smallest absolute Gasteiger partial charge is 0.254 e. The predicted molar refractivity (Wildman–Crippen MR) is 129 cm³/mol. The average molecular weight is 478 g/mol. The summed E-state index contributed by atoms with van der Waals surface area (Å²) in [6.45, 7) is 0.599. The third-order valence-corrected chi connectivity index (χ3v) is 7.03. The molecule has 0 saturated heterocycles. The molecular formula is C24H19N3O4S2. The van der Waals surface area contributed by atoms with E-state index in [1.807, 2.05) is 12.1 Å². The summed E-state index contributed by atoms with van der Waals surface area (Å²) in [6.07, 6.45) is 1.61. The molecule has 33 heavy (non-hydrogen) atoms. The van der Waals surface area contributed by atoms with Crippen LogP contribution in [0.2, 0.25) is 0 Å². The maximum absolute atomic E-state index is 12.9. The highest BCUT2D eigenvalue weighted by molar-refractivity contribution is 8.00. The minimum Gasteiger partial charge on any atom is -0.454 e. The number of benzene rings is 2. The lowest BCUT2D eigenvalue weighted by Gasteiger charge is -2.10. The van der Waals surface area contributed by atoms with E-state index in [1.54, 1.807) is 47.9 Å².